The lowest BCUT2D eigenvalue weighted by Crippen LogP contribution is -2.27. The van der Waals surface area contributed by atoms with E-state index in [-0.39, 0.29) is 11.8 Å². The van der Waals surface area contributed by atoms with Gasteiger partial charge in [0.2, 0.25) is 0 Å². The molecule has 334 valence electrons. The van der Waals surface area contributed by atoms with Gasteiger partial charge >= 0.3 is 0 Å². The highest BCUT2D eigenvalue weighted by Crippen LogP contribution is 2.27. The van der Waals surface area contributed by atoms with Crippen LogP contribution in [0.4, 0.5) is 0 Å². The molecule has 2 atom stereocenters. The number of aliphatic hydroxyl groups excluding tert-OH is 1. The third kappa shape index (κ3) is 38.2. The van der Waals surface area contributed by atoms with E-state index in [1.165, 1.54) is 199 Å². The largest absolute Gasteiger partial charge is 0.396 e. The van der Waals surface area contributed by atoms with Crippen molar-refractivity contribution >= 4 is 33.8 Å². The number of rotatable bonds is 46. The van der Waals surface area contributed by atoms with Crippen LogP contribution in [0.3, 0.4) is 0 Å². The Bertz CT molecular complexity index is 753. The molecular formula is C50H99NO3S2. The molecule has 0 aliphatic carbocycles. The normalized spacial score (nSPS) is 12.8. The average molecular weight is 826 g/mol. The van der Waals surface area contributed by atoms with E-state index >= 15 is 0 Å². The smallest absolute Gasteiger partial charge is 0.192 e. The molecular weight excluding hydrogens is 727 g/mol. The van der Waals surface area contributed by atoms with Crippen molar-refractivity contribution < 1.29 is 14.7 Å². The maximum absolute atomic E-state index is 13.2. The number of unbranched alkanes of at least 4 members (excludes halogenated alkanes) is 25. The van der Waals surface area contributed by atoms with E-state index in [0.29, 0.717) is 16.8 Å². The number of thioether (sulfide) groups is 2. The van der Waals surface area contributed by atoms with Crippen LogP contribution in [-0.4, -0.2) is 58.0 Å². The van der Waals surface area contributed by atoms with E-state index in [1.807, 2.05) is 0 Å². The van der Waals surface area contributed by atoms with Gasteiger partial charge in [-0.1, -0.05) is 218 Å². The molecule has 0 amide bonds. The van der Waals surface area contributed by atoms with Gasteiger partial charge in [0.05, 0.1) is 0 Å². The molecule has 0 saturated heterocycles. The Labute approximate surface area is 360 Å². The van der Waals surface area contributed by atoms with Gasteiger partial charge in [-0.15, -0.1) is 0 Å². The van der Waals surface area contributed by atoms with Gasteiger partial charge < -0.3 is 10.0 Å². The predicted molar refractivity (Wildman–Crippen MR) is 254 cm³/mol. The summed E-state index contributed by atoms with van der Waals surface area (Å²) in [4.78, 5) is 29.1. The van der Waals surface area contributed by atoms with Crippen molar-refractivity contribution in [3.05, 3.63) is 0 Å². The zero-order valence-corrected chi connectivity index (χ0v) is 40.0. The Morgan fingerprint density at radius 2 is 0.643 bits per heavy atom. The van der Waals surface area contributed by atoms with Crippen molar-refractivity contribution in [1.29, 1.82) is 0 Å². The van der Waals surface area contributed by atoms with E-state index < -0.39 is 0 Å². The van der Waals surface area contributed by atoms with Crippen molar-refractivity contribution in [2.45, 2.75) is 259 Å². The Kier molecular flexibility index (Phi) is 46.0. The fourth-order valence-electron chi connectivity index (χ4n) is 8.04. The summed E-state index contributed by atoms with van der Waals surface area (Å²) in [5.74, 6) is 2.57. The van der Waals surface area contributed by atoms with Crippen molar-refractivity contribution in [2.24, 2.45) is 11.8 Å². The molecule has 0 radical (unpaired) electrons. The third-order valence-corrected chi connectivity index (χ3v) is 14.1. The molecule has 0 aromatic carbocycles. The molecule has 0 bridgehead atoms. The van der Waals surface area contributed by atoms with Gasteiger partial charge in [-0.25, -0.2) is 0 Å². The Balaban J connectivity index is 4.48. The summed E-state index contributed by atoms with van der Waals surface area (Å²) in [6.07, 6.45) is 44.6. The van der Waals surface area contributed by atoms with Crippen molar-refractivity contribution in [3.63, 3.8) is 0 Å². The molecule has 0 aliphatic rings. The number of aliphatic hydroxyl groups is 1. The van der Waals surface area contributed by atoms with Crippen molar-refractivity contribution in [3.8, 4) is 0 Å². The monoisotopic (exact) mass is 826 g/mol. The van der Waals surface area contributed by atoms with Crippen molar-refractivity contribution in [1.82, 2.24) is 4.90 Å². The van der Waals surface area contributed by atoms with Crippen molar-refractivity contribution in [2.75, 3.05) is 37.7 Å². The van der Waals surface area contributed by atoms with Gasteiger partial charge in [0.1, 0.15) is 0 Å². The highest BCUT2D eigenvalue weighted by molar-refractivity contribution is 8.13. The fraction of sp³-hybridized carbons (Fsp3) is 0.960. The first-order valence-electron chi connectivity index (χ1n) is 25.2. The summed E-state index contributed by atoms with van der Waals surface area (Å²) in [5, 5.41) is 10.2. The van der Waals surface area contributed by atoms with Crippen LogP contribution in [0.15, 0.2) is 0 Å². The summed E-state index contributed by atoms with van der Waals surface area (Å²) < 4.78 is 0. The maximum atomic E-state index is 13.2. The number of hydrogen-bond acceptors (Lipinski definition) is 6. The number of carbonyl (C=O) groups is 2. The van der Waals surface area contributed by atoms with Gasteiger partial charge in [0.15, 0.2) is 10.2 Å². The molecule has 0 spiro atoms. The Hall–Kier alpha value is -0.0400. The SMILES string of the molecule is CCCCCCCCC(CCCCCC)C(=O)SCCCCCCN(CCCCCCO)CCCCCCSC(=O)C(CCCCCC)CCCCCCCC. The Morgan fingerprint density at radius 3 is 0.982 bits per heavy atom. The van der Waals surface area contributed by atoms with Gasteiger partial charge in [-0.05, 0) is 83.8 Å². The van der Waals surface area contributed by atoms with Crippen LogP contribution in [-0.2, 0) is 9.59 Å². The fourth-order valence-corrected chi connectivity index (χ4v) is 10.1. The number of nitrogens with zero attached hydrogens (tertiary/aromatic N) is 1. The van der Waals surface area contributed by atoms with Crippen LogP contribution in [0.5, 0.6) is 0 Å². The average Bonchev–Trinajstić information content (AvgIpc) is 3.20. The first-order valence-corrected chi connectivity index (χ1v) is 27.2. The van der Waals surface area contributed by atoms with E-state index in [2.05, 4.69) is 32.6 Å². The van der Waals surface area contributed by atoms with Gasteiger partial charge in [0.25, 0.3) is 0 Å². The molecule has 0 aromatic heterocycles. The van der Waals surface area contributed by atoms with Gasteiger partial charge in [-0.3, -0.25) is 9.59 Å². The minimum atomic E-state index is 0.285. The topological polar surface area (TPSA) is 57.6 Å². The lowest BCUT2D eigenvalue weighted by Gasteiger charge is -2.22. The molecule has 0 aliphatic heterocycles. The van der Waals surface area contributed by atoms with Crippen LogP contribution in [0, 0.1) is 11.8 Å². The summed E-state index contributed by atoms with van der Waals surface area (Å²) in [6, 6.07) is 0. The second kappa shape index (κ2) is 46.0. The lowest BCUT2D eigenvalue weighted by atomic mass is 9.95. The minimum Gasteiger partial charge on any atom is -0.396 e. The quantitative estimate of drug-likeness (QED) is 0.0617. The second-order valence-electron chi connectivity index (χ2n) is 17.3. The third-order valence-electron chi connectivity index (χ3n) is 11.9. The molecule has 6 heteroatoms. The van der Waals surface area contributed by atoms with Gasteiger partial charge in [0, 0.05) is 29.9 Å². The number of hydrogen-bond donors (Lipinski definition) is 1. The summed E-state index contributed by atoms with van der Waals surface area (Å²) in [7, 11) is 0. The summed E-state index contributed by atoms with van der Waals surface area (Å²) in [5.41, 5.74) is 0. The highest BCUT2D eigenvalue weighted by atomic mass is 32.2. The first-order chi connectivity index (χ1) is 27.5. The van der Waals surface area contributed by atoms with E-state index in [0.717, 1.165) is 62.9 Å². The zero-order chi connectivity index (χ0) is 41.0. The molecule has 0 saturated carbocycles. The van der Waals surface area contributed by atoms with Crippen LogP contribution < -0.4 is 0 Å². The van der Waals surface area contributed by atoms with Crippen LogP contribution in [0.1, 0.15) is 259 Å². The zero-order valence-electron chi connectivity index (χ0n) is 38.4. The van der Waals surface area contributed by atoms with Crippen LogP contribution >= 0.6 is 23.5 Å². The minimum absolute atomic E-state index is 0.285. The molecule has 0 rings (SSSR count). The highest BCUT2D eigenvalue weighted by Gasteiger charge is 2.19. The predicted octanol–water partition coefficient (Wildman–Crippen LogP) is 16.2. The van der Waals surface area contributed by atoms with E-state index in [9.17, 15) is 14.7 Å². The molecule has 1 N–H and O–H groups in total. The Morgan fingerprint density at radius 1 is 0.375 bits per heavy atom. The standard InChI is InChI=1S/C50H99NO3S2/c1-5-9-13-17-19-29-39-47(37-27-15-11-7-3)49(53)55-45-35-25-22-32-42-51(41-31-21-24-34-44-52)43-33-23-26-36-46-56-50(54)48(38-28-16-12-8-4)40-30-20-18-14-10-6-2/h47-48,52H,5-46H2,1-4H3. The van der Waals surface area contributed by atoms with E-state index in [1.54, 1.807) is 23.5 Å². The molecule has 56 heavy (non-hydrogen) atoms. The maximum Gasteiger partial charge on any atom is 0.192 e. The van der Waals surface area contributed by atoms with Crippen LogP contribution in [0.25, 0.3) is 0 Å². The number of carbonyl (C=O) groups excluding carboxylic acids is 2. The molecule has 2 unspecified atom stereocenters. The summed E-state index contributed by atoms with van der Waals surface area (Å²) >= 11 is 3.29. The van der Waals surface area contributed by atoms with Crippen LogP contribution in [0.2, 0.25) is 0 Å². The molecule has 0 fully saturated rings. The molecule has 0 aromatic rings. The molecule has 4 nitrogen and oxygen atoms in total. The molecule has 0 heterocycles. The lowest BCUT2D eigenvalue weighted by molar-refractivity contribution is -0.115. The van der Waals surface area contributed by atoms with E-state index in [4.69, 9.17) is 0 Å². The second-order valence-corrected chi connectivity index (χ2v) is 19.5. The first kappa shape index (κ1) is 56.0. The van der Waals surface area contributed by atoms with Gasteiger partial charge in [-0.2, -0.15) is 0 Å². The summed E-state index contributed by atoms with van der Waals surface area (Å²) in [6.45, 7) is 13.0.